The first-order valence-electron chi connectivity index (χ1n) is 3.51. The Balaban J connectivity index is 3.21. The minimum Gasteiger partial charge on any atom is -0.496 e. The molecule has 1 aromatic carbocycles. The first-order chi connectivity index (χ1) is 6.16. The second-order valence-corrected chi connectivity index (χ2v) is 2.27. The van der Waals surface area contributed by atoms with E-state index < -0.39 is 11.9 Å². The first kappa shape index (κ1) is 9.64. The maximum atomic E-state index is 12.8. The molecule has 0 saturated carbocycles. The van der Waals surface area contributed by atoms with E-state index in [9.17, 15) is 13.2 Å². The summed E-state index contributed by atoms with van der Waals surface area (Å²) in [5.41, 5.74) is -0.231. The van der Waals surface area contributed by atoms with Crippen LogP contribution >= 0.6 is 0 Å². The average molecular weight is 188 g/mol. The van der Waals surface area contributed by atoms with Gasteiger partial charge >= 0.3 is 6.08 Å². The quantitative estimate of drug-likeness (QED) is 0.692. The predicted molar refractivity (Wildman–Crippen MR) is 43.2 cm³/mol. The molecule has 0 bridgehead atoms. The lowest BCUT2D eigenvalue weighted by Gasteiger charge is -2.04. The number of ether oxygens (including phenoxy) is 1. The molecule has 1 rings (SSSR count). The monoisotopic (exact) mass is 188 g/mol. The molecule has 0 saturated heterocycles. The van der Waals surface area contributed by atoms with Gasteiger partial charge in [0.05, 0.1) is 12.7 Å². The third kappa shape index (κ3) is 2.02. The van der Waals surface area contributed by atoms with E-state index in [4.69, 9.17) is 4.74 Å². The molecule has 4 heteroatoms. The fourth-order valence-corrected chi connectivity index (χ4v) is 0.928. The first-order valence-corrected chi connectivity index (χ1v) is 3.51. The van der Waals surface area contributed by atoms with Gasteiger partial charge in [-0.25, -0.2) is 4.39 Å². The van der Waals surface area contributed by atoms with Crippen molar-refractivity contribution < 1.29 is 17.9 Å². The summed E-state index contributed by atoms with van der Waals surface area (Å²) in [6.45, 7) is 0. The van der Waals surface area contributed by atoms with E-state index >= 15 is 0 Å². The molecule has 0 fully saturated rings. The second kappa shape index (κ2) is 3.98. The van der Waals surface area contributed by atoms with Crippen molar-refractivity contribution in [3.63, 3.8) is 0 Å². The van der Waals surface area contributed by atoms with Crippen LogP contribution in [-0.4, -0.2) is 7.11 Å². The van der Waals surface area contributed by atoms with Crippen LogP contribution in [-0.2, 0) is 0 Å². The number of para-hydroxylation sites is 1. The molecular formula is C9H7F3O. The van der Waals surface area contributed by atoms with Crippen LogP contribution in [0.2, 0.25) is 0 Å². The molecule has 0 spiro atoms. The van der Waals surface area contributed by atoms with Crippen LogP contribution in [0.1, 0.15) is 5.56 Å². The van der Waals surface area contributed by atoms with Crippen molar-refractivity contribution >= 4 is 5.83 Å². The number of benzene rings is 1. The summed E-state index contributed by atoms with van der Waals surface area (Å²) in [6, 6.07) is 5.68. The van der Waals surface area contributed by atoms with Crippen molar-refractivity contribution in [3.05, 3.63) is 35.9 Å². The van der Waals surface area contributed by atoms with E-state index in [2.05, 4.69) is 0 Å². The molecular weight excluding hydrogens is 181 g/mol. The molecule has 70 valence electrons. The maximum absolute atomic E-state index is 12.8. The average Bonchev–Trinajstić information content (AvgIpc) is 2.16. The van der Waals surface area contributed by atoms with Crippen molar-refractivity contribution in [1.29, 1.82) is 0 Å². The summed E-state index contributed by atoms with van der Waals surface area (Å²) in [5, 5.41) is 0. The van der Waals surface area contributed by atoms with E-state index in [-0.39, 0.29) is 11.3 Å². The molecule has 0 unspecified atom stereocenters. The number of methoxy groups -OCH3 is 1. The zero-order valence-corrected chi connectivity index (χ0v) is 6.85. The molecule has 13 heavy (non-hydrogen) atoms. The second-order valence-electron chi connectivity index (χ2n) is 2.27. The summed E-state index contributed by atoms with van der Waals surface area (Å²) in [4.78, 5) is 0. The zero-order chi connectivity index (χ0) is 9.84. The van der Waals surface area contributed by atoms with Crippen LogP contribution in [0.4, 0.5) is 13.2 Å². The van der Waals surface area contributed by atoms with Crippen LogP contribution in [0.3, 0.4) is 0 Å². The Kier molecular flexibility index (Phi) is 2.95. The van der Waals surface area contributed by atoms with Gasteiger partial charge in [-0.3, -0.25) is 0 Å². The van der Waals surface area contributed by atoms with Crippen molar-refractivity contribution in [2.75, 3.05) is 7.11 Å². The van der Waals surface area contributed by atoms with Gasteiger partial charge in [-0.2, -0.15) is 8.78 Å². The number of hydrogen-bond acceptors (Lipinski definition) is 1. The number of halogens is 3. The van der Waals surface area contributed by atoms with E-state index in [0.717, 1.165) is 0 Å². The van der Waals surface area contributed by atoms with Gasteiger partial charge in [0.15, 0.2) is 5.83 Å². The fourth-order valence-electron chi connectivity index (χ4n) is 0.928. The molecule has 0 amide bonds. The molecule has 1 nitrogen and oxygen atoms in total. The largest absolute Gasteiger partial charge is 0.496 e. The van der Waals surface area contributed by atoms with Crippen molar-refractivity contribution in [3.8, 4) is 5.75 Å². The Morgan fingerprint density at radius 1 is 1.15 bits per heavy atom. The lowest BCUT2D eigenvalue weighted by Crippen LogP contribution is -1.88. The van der Waals surface area contributed by atoms with E-state index in [1.54, 1.807) is 6.07 Å². The van der Waals surface area contributed by atoms with Crippen LogP contribution in [0.5, 0.6) is 5.75 Å². The van der Waals surface area contributed by atoms with Gasteiger partial charge in [-0.05, 0) is 12.1 Å². The Hall–Kier alpha value is -1.45. The molecule has 0 aromatic heterocycles. The van der Waals surface area contributed by atoms with Crippen molar-refractivity contribution in [1.82, 2.24) is 0 Å². The van der Waals surface area contributed by atoms with Crippen molar-refractivity contribution in [2.24, 2.45) is 0 Å². The molecule has 0 atom stereocenters. The number of rotatable bonds is 2. The summed E-state index contributed by atoms with van der Waals surface area (Å²) in [6.07, 6.45) is -2.34. The number of hydrogen-bond donors (Lipinski definition) is 0. The van der Waals surface area contributed by atoms with E-state index in [1.165, 1.54) is 25.3 Å². The third-order valence-corrected chi connectivity index (χ3v) is 1.51. The summed E-state index contributed by atoms with van der Waals surface area (Å²) in [7, 11) is 1.29. The van der Waals surface area contributed by atoms with Gasteiger partial charge in [-0.1, -0.05) is 12.1 Å². The van der Waals surface area contributed by atoms with Gasteiger partial charge < -0.3 is 4.74 Å². The molecule has 0 aliphatic carbocycles. The molecule has 0 aliphatic heterocycles. The SMILES string of the molecule is COc1ccccc1C(F)=C(F)F. The molecule has 0 heterocycles. The van der Waals surface area contributed by atoms with Gasteiger partial charge in [0, 0.05) is 0 Å². The van der Waals surface area contributed by atoms with Gasteiger partial charge in [-0.15, -0.1) is 0 Å². The van der Waals surface area contributed by atoms with Gasteiger partial charge in [0.25, 0.3) is 0 Å². The fraction of sp³-hybridized carbons (Fsp3) is 0.111. The topological polar surface area (TPSA) is 9.23 Å². The highest BCUT2D eigenvalue weighted by Gasteiger charge is 2.12. The summed E-state index contributed by atoms with van der Waals surface area (Å²) in [5.74, 6) is -1.45. The Bertz CT molecular complexity index is 329. The smallest absolute Gasteiger partial charge is 0.306 e. The Morgan fingerprint density at radius 2 is 1.77 bits per heavy atom. The van der Waals surface area contributed by atoms with Gasteiger partial charge in [0.1, 0.15) is 5.75 Å². The Labute approximate surface area is 73.4 Å². The Morgan fingerprint density at radius 3 is 2.31 bits per heavy atom. The highest BCUT2D eigenvalue weighted by Crippen LogP contribution is 2.29. The minimum atomic E-state index is -2.34. The van der Waals surface area contributed by atoms with Crippen LogP contribution in [0.15, 0.2) is 30.3 Å². The zero-order valence-electron chi connectivity index (χ0n) is 6.85. The highest BCUT2D eigenvalue weighted by atomic mass is 19.3. The predicted octanol–water partition coefficient (Wildman–Crippen LogP) is 3.23. The highest BCUT2D eigenvalue weighted by molar-refractivity contribution is 5.65. The standard InChI is InChI=1S/C9H7F3O/c1-13-7-5-3-2-4-6(7)8(10)9(11)12/h2-5H,1H3. The maximum Gasteiger partial charge on any atom is 0.306 e. The van der Waals surface area contributed by atoms with Crippen LogP contribution < -0.4 is 4.74 Å². The summed E-state index contributed by atoms with van der Waals surface area (Å²) >= 11 is 0. The van der Waals surface area contributed by atoms with E-state index in [0.29, 0.717) is 0 Å². The van der Waals surface area contributed by atoms with Gasteiger partial charge in [0.2, 0.25) is 0 Å². The lowest BCUT2D eigenvalue weighted by atomic mass is 10.2. The molecule has 0 radical (unpaired) electrons. The molecule has 1 aromatic rings. The normalized spacial score (nSPS) is 9.54. The lowest BCUT2D eigenvalue weighted by molar-refractivity contribution is 0.399. The van der Waals surface area contributed by atoms with Crippen LogP contribution in [0, 0.1) is 0 Å². The van der Waals surface area contributed by atoms with Crippen LogP contribution in [0.25, 0.3) is 5.83 Å². The minimum absolute atomic E-state index is 0.0906. The molecule has 0 N–H and O–H groups in total. The van der Waals surface area contributed by atoms with E-state index in [1.807, 2.05) is 0 Å². The van der Waals surface area contributed by atoms with Crippen molar-refractivity contribution in [2.45, 2.75) is 0 Å². The molecule has 0 aliphatic rings. The third-order valence-electron chi connectivity index (χ3n) is 1.51. The summed E-state index contributed by atoms with van der Waals surface area (Å²) < 4.78 is 41.2.